The summed E-state index contributed by atoms with van der Waals surface area (Å²) in [5.74, 6) is 0. The third-order valence-corrected chi connectivity index (χ3v) is 3.46. The lowest BCUT2D eigenvalue weighted by atomic mass is 10.1. The van der Waals surface area contributed by atoms with Crippen LogP contribution < -0.4 is 5.32 Å². The van der Waals surface area contributed by atoms with Gasteiger partial charge < -0.3 is 14.8 Å². The number of hydrogen-bond donors (Lipinski definition) is 1. The van der Waals surface area contributed by atoms with Crippen molar-refractivity contribution in [2.75, 3.05) is 13.2 Å². The second-order valence-electron chi connectivity index (χ2n) is 5.27. The molecule has 7 heteroatoms. The van der Waals surface area contributed by atoms with Gasteiger partial charge in [-0.3, -0.25) is 4.68 Å². The highest BCUT2D eigenvalue weighted by molar-refractivity contribution is 6.19. The first kappa shape index (κ1) is 18.3. The summed E-state index contributed by atoms with van der Waals surface area (Å²) >= 11 is 5.58. The van der Waals surface area contributed by atoms with E-state index in [2.05, 4.69) is 10.4 Å². The van der Waals surface area contributed by atoms with E-state index < -0.39 is 11.7 Å². The van der Waals surface area contributed by atoms with Crippen molar-refractivity contribution in [1.82, 2.24) is 15.1 Å². The second kappa shape index (κ2) is 9.30. The molecule has 0 aliphatic heterocycles. The molecule has 0 saturated carbocycles. The fourth-order valence-corrected chi connectivity index (χ4v) is 2.36. The van der Waals surface area contributed by atoms with Crippen LogP contribution in [0.15, 0.2) is 42.6 Å². The van der Waals surface area contributed by atoms with Crippen molar-refractivity contribution in [3.05, 3.63) is 53.9 Å². The third kappa shape index (κ3) is 5.54. The number of nitrogens with one attached hydrogen (secondary N) is 1. The molecule has 0 aliphatic rings. The Bertz CT molecular complexity index is 631. The second-order valence-corrected chi connectivity index (χ2v) is 5.88. The van der Waals surface area contributed by atoms with Crippen LogP contribution in [0.1, 0.15) is 30.7 Å². The predicted molar refractivity (Wildman–Crippen MR) is 91.9 cm³/mol. The van der Waals surface area contributed by atoms with Crippen molar-refractivity contribution in [2.45, 2.75) is 25.0 Å². The van der Waals surface area contributed by atoms with E-state index in [1.807, 2.05) is 43.4 Å². The Labute approximate surface area is 146 Å². The summed E-state index contributed by atoms with van der Waals surface area (Å²) in [6.07, 6.45) is 1.68. The number of rotatable bonds is 8. The molecular formula is C17H22ClN3O3. The molecule has 130 valence electrons. The molecule has 1 aromatic heterocycles. The van der Waals surface area contributed by atoms with Gasteiger partial charge in [-0.2, -0.15) is 5.10 Å². The Morgan fingerprint density at radius 3 is 2.71 bits per heavy atom. The number of alkyl halides is 1. The largest absolute Gasteiger partial charge is 0.430 e. The highest BCUT2D eigenvalue weighted by Gasteiger charge is 2.17. The van der Waals surface area contributed by atoms with E-state index in [9.17, 15) is 4.79 Å². The number of nitrogens with zero attached hydrogens (tertiary/aromatic N) is 2. The number of hydrogen-bond acceptors (Lipinski definition) is 4. The molecule has 0 spiro atoms. The summed E-state index contributed by atoms with van der Waals surface area (Å²) in [6.45, 7) is 2.53. The maximum atomic E-state index is 11.3. The Balaban J connectivity index is 1.87. The Morgan fingerprint density at radius 1 is 1.33 bits per heavy atom. The average Bonchev–Trinajstić information content (AvgIpc) is 2.97. The molecule has 2 rings (SSSR count). The van der Waals surface area contributed by atoms with E-state index in [-0.39, 0.29) is 6.10 Å². The number of carbonyl (C=O) groups is 1. The highest BCUT2D eigenvalue weighted by atomic mass is 35.5. The van der Waals surface area contributed by atoms with Gasteiger partial charge in [-0.25, -0.2) is 4.79 Å². The van der Waals surface area contributed by atoms with Crippen LogP contribution in [0.2, 0.25) is 0 Å². The van der Waals surface area contributed by atoms with E-state index in [4.69, 9.17) is 21.1 Å². The molecule has 1 amide bonds. The smallest absolute Gasteiger partial charge is 0.408 e. The maximum Gasteiger partial charge on any atom is 0.408 e. The molecule has 0 saturated heterocycles. The van der Waals surface area contributed by atoms with Crippen LogP contribution >= 0.6 is 11.6 Å². The Hall–Kier alpha value is -2.05. The van der Waals surface area contributed by atoms with Crippen LogP contribution in [0.25, 0.3) is 0 Å². The lowest BCUT2D eigenvalue weighted by molar-refractivity contribution is 0.0723. The molecule has 1 aromatic carbocycles. The molecule has 2 aromatic rings. The third-order valence-electron chi connectivity index (χ3n) is 3.37. The summed E-state index contributed by atoms with van der Waals surface area (Å²) in [5.41, 5.74) is 1.39. The minimum absolute atomic E-state index is 0.200. The van der Waals surface area contributed by atoms with E-state index in [0.717, 1.165) is 11.3 Å². The predicted octanol–water partition coefficient (Wildman–Crippen LogP) is 3.23. The number of alkyl carbamates (subject to hydrolysis) is 1. The first-order valence-electron chi connectivity index (χ1n) is 7.81. The van der Waals surface area contributed by atoms with Crippen LogP contribution in [0.3, 0.4) is 0 Å². The summed E-state index contributed by atoms with van der Waals surface area (Å²) in [7, 11) is 1.89. The molecule has 2 atom stereocenters. The molecule has 1 unspecified atom stereocenters. The maximum absolute atomic E-state index is 11.3. The minimum Gasteiger partial charge on any atom is -0.430 e. The zero-order valence-corrected chi connectivity index (χ0v) is 14.6. The molecule has 6 nitrogen and oxygen atoms in total. The summed E-state index contributed by atoms with van der Waals surface area (Å²) in [5, 5.41) is 6.84. The van der Waals surface area contributed by atoms with E-state index in [0.29, 0.717) is 19.6 Å². The molecule has 1 N–H and O–H groups in total. The van der Waals surface area contributed by atoms with Crippen molar-refractivity contribution >= 4 is 17.7 Å². The van der Waals surface area contributed by atoms with Gasteiger partial charge in [0, 0.05) is 26.4 Å². The summed E-state index contributed by atoms with van der Waals surface area (Å²) < 4.78 is 12.6. The zero-order chi connectivity index (χ0) is 17.4. The summed E-state index contributed by atoms with van der Waals surface area (Å²) in [4.78, 5) is 11.3. The fraction of sp³-hybridized carbons (Fsp3) is 0.412. The number of amides is 1. The van der Waals surface area contributed by atoms with Crippen molar-refractivity contribution in [3.8, 4) is 0 Å². The van der Waals surface area contributed by atoms with Gasteiger partial charge in [0.15, 0.2) is 5.56 Å². The monoisotopic (exact) mass is 351 g/mol. The van der Waals surface area contributed by atoms with Gasteiger partial charge in [0.1, 0.15) is 6.10 Å². The number of aromatic nitrogens is 2. The van der Waals surface area contributed by atoms with Crippen LogP contribution in [0, 0.1) is 0 Å². The van der Waals surface area contributed by atoms with E-state index in [1.165, 1.54) is 0 Å². The van der Waals surface area contributed by atoms with Gasteiger partial charge in [-0.15, -0.1) is 0 Å². The van der Waals surface area contributed by atoms with Crippen LogP contribution in [0.5, 0.6) is 0 Å². The van der Waals surface area contributed by atoms with Gasteiger partial charge >= 0.3 is 6.09 Å². The van der Waals surface area contributed by atoms with E-state index in [1.54, 1.807) is 17.8 Å². The van der Waals surface area contributed by atoms with Gasteiger partial charge in [-0.05, 0) is 25.0 Å². The van der Waals surface area contributed by atoms with Crippen LogP contribution in [0.4, 0.5) is 4.79 Å². The van der Waals surface area contributed by atoms with E-state index >= 15 is 0 Å². The van der Waals surface area contributed by atoms with Gasteiger partial charge in [-0.1, -0.05) is 41.9 Å². The summed E-state index contributed by atoms with van der Waals surface area (Å²) in [6, 6.07) is 11.9. The first-order valence-corrected chi connectivity index (χ1v) is 8.24. The molecule has 24 heavy (non-hydrogen) atoms. The molecule has 0 bridgehead atoms. The number of carbonyl (C=O) groups excluding carboxylic acids is 1. The average molecular weight is 352 g/mol. The number of halogens is 1. The van der Waals surface area contributed by atoms with Crippen molar-refractivity contribution < 1.29 is 14.3 Å². The van der Waals surface area contributed by atoms with Crippen LogP contribution in [-0.4, -0.2) is 34.6 Å². The van der Waals surface area contributed by atoms with Crippen molar-refractivity contribution in [1.29, 1.82) is 0 Å². The number of benzene rings is 1. The van der Waals surface area contributed by atoms with Gasteiger partial charge in [0.25, 0.3) is 0 Å². The van der Waals surface area contributed by atoms with Crippen molar-refractivity contribution in [2.24, 2.45) is 7.05 Å². The first-order chi connectivity index (χ1) is 11.6. The van der Waals surface area contributed by atoms with Gasteiger partial charge in [0.05, 0.1) is 5.69 Å². The lowest BCUT2D eigenvalue weighted by Crippen LogP contribution is -2.27. The molecule has 1 heterocycles. The standard InChI is InChI=1S/C17H22ClN3O3/c1-13(18)24-17(22)19-10-6-12-23-16(14-7-4-3-5-8-14)15-9-11-20-21(15)2/h3-5,7-9,11,13,16H,6,10,12H2,1-2H3,(H,19,22)/t13?,16-/m0/s1. The quantitative estimate of drug-likeness (QED) is 0.585. The normalized spacial score (nSPS) is 13.3. The number of aryl methyl sites for hydroxylation is 1. The Kier molecular flexibility index (Phi) is 7.08. The molecule has 0 aliphatic carbocycles. The van der Waals surface area contributed by atoms with Gasteiger partial charge in [0.2, 0.25) is 0 Å². The zero-order valence-electron chi connectivity index (χ0n) is 13.8. The molecular weight excluding hydrogens is 330 g/mol. The molecule has 0 fully saturated rings. The SMILES string of the molecule is CC(Cl)OC(=O)NCCCO[C@@H](c1ccccc1)c1ccnn1C. The lowest BCUT2D eigenvalue weighted by Gasteiger charge is -2.19. The topological polar surface area (TPSA) is 65.4 Å². The fourth-order valence-electron chi connectivity index (χ4n) is 2.27. The minimum atomic E-state index is -0.645. The number of ether oxygens (including phenoxy) is 2. The molecule has 0 radical (unpaired) electrons. The van der Waals surface area contributed by atoms with Crippen molar-refractivity contribution in [3.63, 3.8) is 0 Å². The Morgan fingerprint density at radius 2 is 2.08 bits per heavy atom. The highest BCUT2D eigenvalue weighted by Crippen LogP contribution is 2.25. The van der Waals surface area contributed by atoms with Crippen LogP contribution in [-0.2, 0) is 16.5 Å².